The molecule has 0 aliphatic carbocycles. The van der Waals surface area contributed by atoms with Gasteiger partial charge in [-0.1, -0.05) is 0 Å². The van der Waals surface area contributed by atoms with Crippen molar-refractivity contribution in [1.29, 1.82) is 0 Å². The number of hydrogen-bond donors (Lipinski definition) is 0. The van der Waals surface area contributed by atoms with Gasteiger partial charge in [0.05, 0.1) is 5.52 Å². The third-order valence-corrected chi connectivity index (χ3v) is 5.39. The molecule has 2 aliphatic rings. The van der Waals surface area contributed by atoms with E-state index in [1.807, 2.05) is 0 Å². The lowest BCUT2D eigenvalue weighted by molar-refractivity contribution is 0.106. The number of halogens is 2. The number of fused-ring (bicyclic) bond motifs is 1. The first-order valence-electron chi connectivity index (χ1n) is 8.89. The van der Waals surface area contributed by atoms with Crippen molar-refractivity contribution in [3.05, 3.63) is 30.1 Å². The topological polar surface area (TPSA) is 35.5 Å². The molecule has 2 fully saturated rings. The zero-order valence-electron chi connectivity index (χ0n) is 14.5. The van der Waals surface area contributed by atoms with E-state index in [-0.39, 0.29) is 0 Å². The van der Waals surface area contributed by atoms with Crippen LogP contribution in [-0.2, 0) is 0 Å². The second-order valence-corrected chi connectivity index (χ2v) is 7.06. The van der Waals surface area contributed by atoms with Crippen LogP contribution >= 0.6 is 0 Å². The molecule has 5 nitrogen and oxygen atoms in total. The first-order chi connectivity index (χ1) is 12.1. The molecular weight excluding hydrogens is 324 g/mol. The average Bonchev–Trinajstić information content (AvgIpc) is 2.62. The summed E-state index contributed by atoms with van der Waals surface area (Å²) in [6, 6.07) is 2.97. The molecule has 1 aromatic carbocycles. The Balaban J connectivity index is 1.51. The van der Waals surface area contributed by atoms with Crippen molar-refractivity contribution in [3.8, 4) is 0 Å². The van der Waals surface area contributed by atoms with Crippen molar-refractivity contribution >= 4 is 16.7 Å². The molecular formula is C18H23F2N5. The van der Waals surface area contributed by atoms with Crippen LogP contribution in [0.2, 0.25) is 0 Å². The third-order valence-electron chi connectivity index (χ3n) is 5.39. The van der Waals surface area contributed by atoms with Gasteiger partial charge in [-0.05, 0) is 32.5 Å². The van der Waals surface area contributed by atoms with Crippen molar-refractivity contribution < 1.29 is 8.78 Å². The number of piperidine rings is 1. The Labute approximate surface area is 146 Å². The average molecular weight is 347 g/mol. The molecule has 4 rings (SSSR count). The molecule has 0 amide bonds. The van der Waals surface area contributed by atoms with E-state index in [1.165, 1.54) is 31.8 Å². The van der Waals surface area contributed by atoms with Crippen LogP contribution in [0.4, 0.5) is 14.6 Å². The molecule has 0 unspecified atom stereocenters. The lowest BCUT2D eigenvalue weighted by Gasteiger charge is -2.43. The third kappa shape index (κ3) is 3.30. The van der Waals surface area contributed by atoms with Crippen LogP contribution in [0.3, 0.4) is 0 Å². The van der Waals surface area contributed by atoms with Crippen LogP contribution < -0.4 is 4.90 Å². The summed E-state index contributed by atoms with van der Waals surface area (Å²) in [6.07, 6.45) is 3.94. The molecule has 0 saturated carbocycles. The molecule has 134 valence electrons. The van der Waals surface area contributed by atoms with Gasteiger partial charge in [-0.2, -0.15) is 0 Å². The maximum absolute atomic E-state index is 13.7. The Bertz CT molecular complexity index is 760. The zero-order chi connectivity index (χ0) is 17.4. The predicted octanol–water partition coefficient (Wildman–Crippen LogP) is 2.12. The molecule has 3 heterocycles. The normalized spacial score (nSPS) is 23.3. The van der Waals surface area contributed by atoms with Crippen LogP contribution in [0.1, 0.15) is 12.8 Å². The van der Waals surface area contributed by atoms with E-state index in [0.717, 1.165) is 38.8 Å². The highest BCUT2D eigenvalue weighted by Crippen LogP contribution is 2.27. The summed E-state index contributed by atoms with van der Waals surface area (Å²) in [5.41, 5.74) is 0.445. The van der Waals surface area contributed by atoms with Gasteiger partial charge >= 0.3 is 0 Å². The fraction of sp³-hybridized carbons (Fsp3) is 0.556. The number of anilines is 1. The fourth-order valence-electron chi connectivity index (χ4n) is 4.03. The maximum atomic E-state index is 13.7. The van der Waals surface area contributed by atoms with E-state index in [1.54, 1.807) is 0 Å². The largest absolute Gasteiger partial charge is 0.353 e. The van der Waals surface area contributed by atoms with Gasteiger partial charge in [0, 0.05) is 50.2 Å². The number of hydrogen-bond acceptors (Lipinski definition) is 5. The standard InChI is InChI=1S/C18H23F2N5/c1-23-4-2-3-13(11-23)24-5-7-25(8-6-24)18-14-9-15(19)16(20)10-17(14)21-12-22-18/h9-10,12-13H,2-8,11H2,1H3/t13-/m1/s1. The Kier molecular flexibility index (Phi) is 4.52. The number of benzene rings is 1. The number of piperazine rings is 1. The van der Waals surface area contributed by atoms with Gasteiger partial charge in [-0.25, -0.2) is 18.7 Å². The summed E-state index contributed by atoms with van der Waals surface area (Å²) in [6.45, 7) is 5.92. The maximum Gasteiger partial charge on any atom is 0.161 e. The minimum Gasteiger partial charge on any atom is -0.353 e. The van der Waals surface area contributed by atoms with E-state index in [2.05, 4.69) is 31.7 Å². The molecule has 25 heavy (non-hydrogen) atoms. The van der Waals surface area contributed by atoms with Gasteiger partial charge in [-0.3, -0.25) is 4.90 Å². The summed E-state index contributed by atoms with van der Waals surface area (Å²) < 4.78 is 27.1. The fourth-order valence-corrected chi connectivity index (χ4v) is 4.03. The van der Waals surface area contributed by atoms with Crippen molar-refractivity contribution in [2.75, 3.05) is 51.2 Å². The van der Waals surface area contributed by atoms with Crippen molar-refractivity contribution in [1.82, 2.24) is 19.8 Å². The van der Waals surface area contributed by atoms with E-state index >= 15 is 0 Å². The van der Waals surface area contributed by atoms with Crippen LogP contribution in [0.5, 0.6) is 0 Å². The Morgan fingerprint density at radius 3 is 2.52 bits per heavy atom. The van der Waals surface area contributed by atoms with Gasteiger partial charge in [0.2, 0.25) is 0 Å². The first-order valence-corrected chi connectivity index (χ1v) is 8.89. The highest BCUT2D eigenvalue weighted by atomic mass is 19.2. The van der Waals surface area contributed by atoms with Crippen LogP contribution in [0, 0.1) is 11.6 Å². The molecule has 2 saturated heterocycles. The van der Waals surface area contributed by atoms with E-state index in [9.17, 15) is 8.78 Å². The van der Waals surface area contributed by atoms with E-state index in [0.29, 0.717) is 22.8 Å². The van der Waals surface area contributed by atoms with Gasteiger partial charge in [-0.15, -0.1) is 0 Å². The highest BCUT2D eigenvalue weighted by molar-refractivity contribution is 5.89. The number of likely N-dealkylation sites (tertiary alicyclic amines) is 1. The molecule has 7 heteroatoms. The summed E-state index contributed by atoms with van der Waals surface area (Å²) in [7, 11) is 2.18. The number of rotatable bonds is 2. The molecule has 0 spiro atoms. The minimum absolute atomic E-state index is 0.445. The number of likely N-dealkylation sites (N-methyl/N-ethyl adjacent to an activating group) is 1. The smallest absolute Gasteiger partial charge is 0.161 e. The lowest BCUT2D eigenvalue weighted by Crippen LogP contribution is -2.54. The molecule has 1 atom stereocenters. The molecule has 2 aromatic rings. The summed E-state index contributed by atoms with van der Waals surface area (Å²) in [4.78, 5) is 15.5. The highest BCUT2D eigenvalue weighted by Gasteiger charge is 2.28. The van der Waals surface area contributed by atoms with E-state index in [4.69, 9.17) is 0 Å². The van der Waals surface area contributed by atoms with Gasteiger partial charge < -0.3 is 9.80 Å². The Morgan fingerprint density at radius 1 is 1.00 bits per heavy atom. The van der Waals surface area contributed by atoms with Crippen molar-refractivity contribution in [3.63, 3.8) is 0 Å². The van der Waals surface area contributed by atoms with Gasteiger partial charge in [0.15, 0.2) is 11.6 Å². The molecule has 0 radical (unpaired) electrons. The van der Waals surface area contributed by atoms with Gasteiger partial charge in [0.1, 0.15) is 12.1 Å². The monoisotopic (exact) mass is 347 g/mol. The first kappa shape index (κ1) is 16.6. The molecule has 0 N–H and O–H groups in total. The predicted molar refractivity (Wildman–Crippen MR) is 93.8 cm³/mol. The number of nitrogens with zero attached hydrogens (tertiary/aromatic N) is 5. The summed E-state index contributed by atoms with van der Waals surface area (Å²) >= 11 is 0. The van der Waals surface area contributed by atoms with Crippen molar-refractivity contribution in [2.45, 2.75) is 18.9 Å². The minimum atomic E-state index is -0.872. The summed E-state index contributed by atoms with van der Waals surface area (Å²) in [5, 5.41) is 0.576. The van der Waals surface area contributed by atoms with Crippen LogP contribution in [-0.4, -0.2) is 72.1 Å². The second kappa shape index (κ2) is 6.80. The Morgan fingerprint density at radius 2 is 1.76 bits per heavy atom. The quantitative estimate of drug-likeness (QED) is 0.832. The van der Waals surface area contributed by atoms with Crippen molar-refractivity contribution in [2.24, 2.45) is 0 Å². The second-order valence-electron chi connectivity index (χ2n) is 7.06. The zero-order valence-corrected chi connectivity index (χ0v) is 14.5. The van der Waals surface area contributed by atoms with Crippen LogP contribution in [0.25, 0.3) is 10.9 Å². The molecule has 1 aromatic heterocycles. The summed E-state index contributed by atoms with van der Waals surface area (Å²) in [5.74, 6) is -1.03. The molecule has 0 bridgehead atoms. The lowest BCUT2D eigenvalue weighted by atomic mass is 10.0. The van der Waals surface area contributed by atoms with Crippen LogP contribution in [0.15, 0.2) is 18.5 Å². The molecule has 2 aliphatic heterocycles. The number of aromatic nitrogens is 2. The Hall–Kier alpha value is -1.86. The SMILES string of the molecule is CN1CCC[C@@H](N2CCN(c3ncnc4cc(F)c(F)cc34)CC2)C1. The van der Waals surface area contributed by atoms with Gasteiger partial charge in [0.25, 0.3) is 0 Å². The van der Waals surface area contributed by atoms with E-state index < -0.39 is 11.6 Å².